The number of sulfone groups is 1. The van der Waals surface area contributed by atoms with E-state index in [4.69, 9.17) is 0 Å². The van der Waals surface area contributed by atoms with Crippen LogP contribution in [-0.4, -0.2) is 31.5 Å². The van der Waals surface area contributed by atoms with Crippen LogP contribution in [0.4, 0.5) is 0 Å². The second-order valence-electron chi connectivity index (χ2n) is 3.83. The van der Waals surface area contributed by atoms with Gasteiger partial charge < -0.3 is 0 Å². The number of carbonyl (C=O) groups is 2. The molecule has 0 saturated carbocycles. The van der Waals surface area contributed by atoms with Gasteiger partial charge in [0.2, 0.25) is 0 Å². The summed E-state index contributed by atoms with van der Waals surface area (Å²) in [6, 6.07) is 8.25. The van der Waals surface area contributed by atoms with E-state index in [9.17, 15) is 18.0 Å². The average Bonchev–Trinajstić information content (AvgIpc) is 2.27. The van der Waals surface area contributed by atoms with Gasteiger partial charge in [0, 0.05) is 12.0 Å². The molecule has 0 unspecified atom stereocenters. The summed E-state index contributed by atoms with van der Waals surface area (Å²) < 4.78 is 23.1. The maximum atomic E-state index is 11.6. The molecule has 1 rings (SSSR count). The predicted molar refractivity (Wildman–Crippen MR) is 64.7 cm³/mol. The smallest absolute Gasteiger partial charge is 0.177 e. The summed E-state index contributed by atoms with van der Waals surface area (Å²) in [6.07, 6.45) is -0.0373. The van der Waals surface area contributed by atoms with E-state index in [1.165, 1.54) is 6.92 Å². The molecule has 1 aromatic carbocycles. The first-order valence-corrected chi connectivity index (χ1v) is 7.01. The van der Waals surface area contributed by atoms with Gasteiger partial charge in [-0.15, -0.1) is 0 Å². The van der Waals surface area contributed by atoms with Gasteiger partial charge in [-0.25, -0.2) is 8.42 Å². The van der Waals surface area contributed by atoms with Crippen LogP contribution in [0, 0.1) is 0 Å². The zero-order valence-corrected chi connectivity index (χ0v) is 10.4. The lowest BCUT2D eigenvalue weighted by molar-refractivity contribution is -0.116. The van der Waals surface area contributed by atoms with Crippen LogP contribution in [0.1, 0.15) is 23.7 Å². The Labute approximate surface area is 101 Å². The second-order valence-corrected chi connectivity index (χ2v) is 6.02. The van der Waals surface area contributed by atoms with Crippen molar-refractivity contribution in [3.63, 3.8) is 0 Å². The summed E-state index contributed by atoms with van der Waals surface area (Å²) in [7, 11) is -3.49. The summed E-state index contributed by atoms with van der Waals surface area (Å²) in [5.74, 6) is -1.43. The minimum atomic E-state index is -3.49. The minimum Gasteiger partial charge on any atom is -0.300 e. The van der Waals surface area contributed by atoms with Crippen molar-refractivity contribution in [2.45, 2.75) is 13.3 Å². The standard InChI is InChI=1S/C12H14O4S/c1-10(13)7-8-17(15,16)9-12(14)11-5-3-2-4-6-11/h2-6H,7-9H2,1H3. The van der Waals surface area contributed by atoms with Crippen molar-refractivity contribution in [2.24, 2.45) is 0 Å². The van der Waals surface area contributed by atoms with E-state index in [0.717, 1.165) is 0 Å². The lowest BCUT2D eigenvalue weighted by Gasteiger charge is -2.02. The summed E-state index contributed by atoms with van der Waals surface area (Å²) in [5.41, 5.74) is 0.374. The van der Waals surface area contributed by atoms with Crippen LogP contribution in [0.15, 0.2) is 30.3 Å². The third kappa shape index (κ3) is 4.91. The van der Waals surface area contributed by atoms with Crippen LogP contribution in [0.3, 0.4) is 0 Å². The van der Waals surface area contributed by atoms with Crippen molar-refractivity contribution in [3.8, 4) is 0 Å². The molecule has 4 nitrogen and oxygen atoms in total. The monoisotopic (exact) mass is 254 g/mol. The Balaban J connectivity index is 2.66. The molecule has 0 spiro atoms. The van der Waals surface area contributed by atoms with Gasteiger partial charge in [0.25, 0.3) is 0 Å². The maximum absolute atomic E-state index is 11.6. The van der Waals surface area contributed by atoms with Crippen LogP contribution in [0.5, 0.6) is 0 Å². The summed E-state index contributed by atoms with van der Waals surface area (Å²) in [6.45, 7) is 1.33. The van der Waals surface area contributed by atoms with Crippen molar-refractivity contribution < 1.29 is 18.0 Å². The largest absolute Gasteiger partial charge is 0.300 e. The third-order valence-electron chi connectivity index (χ3n) is 2.21. The first-order chi connectivity index (χ1) is 7.91. The number of hydrogen-bond acceptors (Lipinski definition) is 4. The Kier molecular flexibility index (Phi) is 4.57. The van der Waals surface area contributed by atoms with Gasteiger partial charge in [-0.1, -0.05) is 30.3 Å². The van der Waals surface area contributed by atoms with Gasteiger partial charge in [0.15, 0.2) is 15.6 Å². The molecule has 5 heteroatoms. The Bertz CT molecular complexity index is 503. The fraction of sp³-hybridized carbons (Fsp3) is 0.333. The van der Waals surface area contributed by atoms with Crippen LogP contribution < -0.4 is 0 Å². The van der Waals surface area contributed by atoms with Crippen molar-refractivity contribution in [1.29, 1.82) is 0 Å². The predicted octanol–water partition coefficient (Wildman–Crippen LogP) is 1.26. The molecule has 17 heavy (non-hydrogen) atoms. The van der Waals surface area contributed by atoms with Crippen molar-refractivity contribution in [1.82, 2.24) is 0 Å². The average molecular weight is 254 g/mol. The number of hydrogen-bond donors (Lipinski definition) is 0. The molecule has 92 valence electrons. The lowest BCUT2D eigenvalue weighted by Crippen LogP contribution is -2.20. The maximum Gasteiger partial charge on any atom is 0.177 e. The summed E-state index contributed by atoms with van der Waals surface area (Å²) in [5, 5.41) is 0. The normalized spacial score (nSPS) is 11.1. The highest BCUT2D eigenvalue weighted by molar-refractivity contribution is 7.92. The quantitative estimate of drug-likeness (QED) is 0.717. The van der Waals surface area contributed by atoms with Crippen molar-refractivity contribution in [3.05, 3.63) is 35.9 Å². The molecule has 0 N–H and O–H groups in total. The van der Waals surface area contributed by atoms with Crippen molar-refractivity contribution in [2.75, 3.05) is 11.5 Å². The molecule has 0 aliphatic carbocycles. The van der Waals surface area contributed by atoms with Gasteiger partial charge in [-0.3, -0.25) is 9.59 Å². The molecule has 0 aliphatic heterocycles. The number of Topliss-reactive ketones (excluding diaryl/α,β-unsaturated/α-hetero) is 2. The van der Waals surface area contributed by atoms with E-state index < -0.39 is 21.4 Å². The van der Waals surface area contributed by atoms with E-state index in [2.05, 4.69) is 0 Å². The SMILES string of the molecule is CC(=O)CCS(=O)(=O)CC(=O)c1ccccc1. The molecule has 0 aliphatic rings. The molecule has 0 amide bonds. The minimum absolute atomic E-state index is 0.0373. The molecule has 0 radical (unpaired) electrons. The highest BCUT2D eigenvalue weighted by Gasteiger charge is 2.18. The fourth-order valence-electron chi connectivity index (χ4n) is 1.28. The second kappa shape index (κ2) is 5.72. The van der Waals surface area contributed by atoms with Crippen LogP contribution in [0.25, 0.3) is 0 Å². The summed E-state index contributed by atoms with van der Waals surface area (Å²) in [4.78, 5) is 22.3. The Hall–Kier alpha value is -1.49. The van der Waals surface area contributed by atoms with Crippen LogP contribution in [-0.2, 0) is 14.6 Å². The van der Waals surface area contributed by atoms with E-state index in [1.54, 1.807) is 30.3 Å². The lowest BCUT2D eigenvalue weighted by atomic mass is 10.2. The van der Waals surface area contributed by atoms with Crippen LogP contribution in [0.2, 0.25) is 0 Å². The highest BCUT2D eigenvalue weighted by atomic mass is 32.2. The third-order valence-corrected chi connectivity index (χ3v) is 3.74. The van der Waals surface area contributed by atoms with Gasteiger partial charge >= 0.3 is 0 Å². The number of benzene rings is 1. The Morgan fingerprint density at radius 3 is 2.24 bits per heavy atom. The Morgan fingerprint density at radius 2 is 1.71 bits per heavy atom. The molecule has 1 aromatic rings. The van der Waals surface area contributed by atoms with Gasteiger partial charge in [0.1, 0.15) is 11.5 Å². The first kappa shape index (κ1) is 13.6. The zero-order chi connectivity index (χ0) is 12.9. The molecule has 0 atom stereocenters. The van der Waals surface area contributed by atoms with Crippen molar-refractivity contribution >= 4 is 21.4 Å². The van der Waals surface area contributed by atoms with Gasteiger partial charge in [-0.05, 0) is 6.92 Å². The van der Waals surface area contributed by atoms with E-state index >= 15 is 0 Å². The fourth-order valence-corrected chi connectivity index (χ4v) is 2.59. The first-order valence-electron chi connectivity index (χ1n) is 5.19. The molecule has 0 heterocycles. The van der Waals surface area contributed by atoms with E-state index in [0.29, 0.717) is 5.56 Å². The molecule has 0 fully saturated rings. The molecule has 0 bridgehead atoms. The number of carbonyl (C=O) groups excluding carboxylic acids is 2. The molecule has 0 saturated heterocycles. The Morgan fingerprint density at radius 1 is 1.12 bits per heavy atom. The number of rotatable bonds is 6. The van der Waals surface area contributed by atoms with Gasteiger partial charge in [-0.2, -0.15) is 0 Å². The van der Waals surface area contributed by atoms with Crippen LogP contribution >= 0.6 is 0 Å². The highest BCUT2D eigenvalue weighted by Crippen LogP contribution is 2.04. The van der Waals surface area contributed by atoms with Gasteiger partial charge in [0.05, 0.1) is 5.75 Å². The van der Waals surface area contributed by atoms with E-state index in [-0.39, 0.29) is 18.0 Å². The molecular weight excluding hydrogens is 240 g/mol. The summed E-state index contributed by atoms with van der Waals surface area (Å²) >= 11 is 0. The number of ketones is 2. The van der Waals surface area contributed by atoms with E-state index in [1.807, 2.05) is 0 Å². The topological polar surface area (TPSA) is 68.3 Å². The zero-order valence-electron chi connectivity index (χ0n) is 9.55. The molecule has 0 aromatic heterocycles. The molecular formula is C12H14O4S.